The molecule has 3 aromatic carbocycles. The Labute approximate surface area is 376 Å². The summed E-state index contributed by atoms with van der Waals surface area (Å²) in [5.41, 5.74) is 0.824. The molecule has 4 fully saturated rings. The molecule has 3 saturated heterocycles. The van der Waals surface area contributed by atoms with Gasteiger partial charge in [0.1, 0.15) is 29.2 Å². The number of rotatable bonds is 12. The number of amides is 3. The predicted octanol–water partition coefficient (Wildman–Crippen LogP) is 5.77. The Morgan fingerprint density at radius 1 is 0.969 bits per heavy atom. The van der Waals surface area contributed by atoms with Crippen LogP contribution in [-0.4, -0.2) is 102 Å². The average molecular weight is 914 g/mol. The second kappa shape index (κ2) is 18.9. The number of hydrogen-bond acceptors (Lipinski definition) is 11. The van der Waals surface area contributed by atoms with Crippen LogP contribution in [0.2, 0.25) is 0 Å². The van der Waals surface area contributed by atoms with Crippen molar-refractivity contribution in [3.63, 3.8) is 0 Å². The molecule has 19 heteroatoms. The van der Waals surface area contributed by atoms with Gasteiger partial charge >= 0.3 is 10.2 Å². The van der Waals surface area contributed by atoms with Crippen LogP contribution in [-0.2, 0) is 24.6 Å². The van der Waals surface area contributed by atoms with Crippen molar-refractivity contribution in [2.75, 3.05) is 56.4 Å². The molecule has 0 bridgehead atoms. The molecular formula is C46H53F2N9O7S. The lowest BCUT2D eigenvalue weighted by Gasteiger charge is -2.46. The van der Waals surface area contributed by atoms with Crippen LogP contribution in [0.4, 0.5) is 20.2 Å². The normalized spacial score (nSPS) is 19.9. The van der Waals surface area contributed by atoms with Crippen LogP contribution in [0.15, 0.2) is 59.7 Å². The van der Waals surface area contributed by atoms with E-state index in [1.165, 1.54) is 25.2 Å². The zero-order chi connectivity index (χ0) is 46.0. The lowest BCUT2D eigenvalue weighted by atomic mass is 9.67. The summed E-state index contributed by atoms with van der Waals surface area (Å²) in [6, 6.07) is 12.8. The second-order valence-electron chi connectivity index (χ2n) is 17.7. The van der Waals surface area contributed by atoms with Crippen molar-refractivity contribution in [2.24, 2.45) is 5.41 Å². The van der Waals surface area contributed by atoms with Gasteiger partial charge in [-0.2, -0.15) is 18.0 Å². The highest BCUT2D eigenvalue weighted by Crippen LogP contribution is 2.47. The Balaban J connectivity index is 0.827. The van der Waals surface area contributed by atoms with E-state index < -0.39 is 33.7 Å². The highest BCUT2D eigenvalue weighted by atomic mass is 32.2. The molecular weight excluding hydrogens is 861 g/mol. The number of likely N-dealkylation sites (tertiary alicyclic amines) is 2. The number of aromatic nitrogens is 2. The van der Waals surface area contributed by atoms with Crippen molar-refractivity contribution in [1.29, 1.82) is 5.26 Å². The number of halogens is 2. The Kier molecular flexibility index (Phi) is 13.2. The molecule has 3 amide bonds. The monoisotopic (exact) mass is 913 g/mol. The van der Waals surface area contributed by atoms with Crippen molar-refractivity contribution in [1.82, 2.24) is 29.0 Å². The molecule has 8 rings (SSSR count). The van der Waals surface area contributed by atoms with Crippen molar-refractivity contribution in [3.8, 4) is 17.6 Å². The van der Waals surface area contributed by atoms with Gasteiger partial charge in [0.25, 0.3) is 5.56 Å². The number of nitriles is 1. The number of benzene rings is 3. The lowest BCUT2D eigenvalue weighted by molar-refractivity contribution is -0.136. The molecule has 1 spiro atoms. The number of imide groups is 1. The zero-order valence-electron chi connectivity index (χ0n) is 36.4. The second-order valence-corrected chi connectivity index (χ2v) is 19.5. The van der Waals surface area contributed by atoms with Gasteiger partial charge in [-0.05, 0) is 130 Å². The third-order valence-electron chi connectivity index (χ3n) is 13.8. The summed E-state index contributed by atoms with van der Waals surface area (Å²) in [6.45, 7) is 4.83. The lowest BCUT2D eigenvalue weighted by Crippen LogP contribution is -2.48. The molecule has 3 N–H and O–H groups in total. The van der Waals surface area contributed by atoms with Gasteiger partial charge in [-0.15, -0.1) is 0 Å². The fraction of sp³-hybridized carbons (Fsp3) is 0.478. The fourth-order valence-electron chi connectivity index (χ4n) is 9.69. The smallest absolute Gasteiger partial charge is 0.301 e. The van der Waals surface area contributed by atoms with E-state index in [1.807, 2.05) is 11.0 Å². The number of ether oxygens (including phenoxy) is 1. The minimum absolute atomic E-state index is 0.0223. The molecule has 0 radical (unpaired) electrons. The summed E-state index contributed by atoms with van der Waals surface area (Å²) in [5, 5.41) is 15.5. The number of carbonyl (C=O) groups excluding carboxylic acids is 3. The standard InChI is InChI=1S/C46H53F2N9O7S/c1-3-54(2)65(62,63)53-39-9-7-36(47)43(35(39)26-49)64-32-5-8-38-34(25-32)45(61)57(28-50-38)31-12-16-46(17-13-31)18-22-56(23-19-46)42(59)27-55-20-14-29(15-21-55)33-6-4-30(24-37(33)48)51-40-10-11-41(58)52-44(40)60/h4-9,24-25,28-29,31,40,51,53H,3,10-23,27H2,1-2H3,(H,52,58,60). The number of nitrogens with one attached hydrogen (secondary N) is 3. The summed E-state index contributed by atoms with van der Waals surface area (Å²) in [4.78, 5) is 59.7. The summed E-state index contributed by atoms with van der Waals surface area (Å²) in [5.74, 6) is -2.23. The minimum atomic E-state index is -4.02. The van der Waals surface area contributed by atoms with Crippen LogP contribution in [0.3, 0.4) is 0 Å². The summed E-state index contributed by atoms with van der Waals surface area (Å²) >= 11 is 0. The first-order valence-electron chi connectivity index (χ1n) is 22.2. The Morgan fingerprint density at radius 2 is 1.71 bits per heavy atom. The molecule has 4 heterocycles. The van der Waals surface area contributed by atoms with Gasteiger partial charge in [-0.3, -0.25) is 38.7 Å². The number of hydrogen-bond donors (Lipinski definition) is 3. The van der Waals surface area contributed by atoms with E-state index in [2.05, 4.69) is 25.2 Å². The van der Waals surface area contributed by atoms with Crippen LogP contribution in [0.1, 0.15) is 94.2 Å². The van der Waals surface area contributed by atoms with E-state index in [4.69, 9.17) is 4.74 Å². The number of fused-ring (bicyclic) bond motifs is 1. The molecule has 4 aliphatic rings. The van der Waals surface area contributed by atoms with Crippen molar-refractivity contribution >= 4 is 50.2 Å². The van der Waals surface area contributed by atoms with E-state index in [9.17, 15) is 32.9 Å². The molecule has 1 aliphatic carbocycles. The largest absolute Gasteiger partial charge is 0.453 e. The first kappa shape index (κ1) is 45.6. The maximum absolute atomic E-state index is 15.3. The zero-order valence-corrected chi connectivity index (χ0v) is 37.3. The van der Waals surface area contributed by atoms with Crippen LogP contribution in [0.5, 0.6) is 11.5 Å². The number of anilines is 2. The first-order chi connectivity index (χ1) is 31.2. The van der Waals surface area contributed by atoms with Crippen molar-refractivity contribution in [3.05, 3.63) is 88.0 Å². The molecule has 1 atom stereocenters. The number of nitrogens with zero attached hydrogens (tertiary/aromatic N) is 6. The Hall–Kier alpha value is -5.97. The maximum atomic E-state index is 15.3. The van der Waals surface area contributed by atoms with Gasteiger partial charge in [-0.25, -0.2) is 13.8 Å². The molecule has 1 aromatic heterocycles. The van der Waals surface area contributed by atoms with Gasteiger partial charge in [-0.1, -0.05) is 13.0 Å². The number of carbonyl (C=O) groups is 3. The van der Waals surface area contributed by atoms with Gasteiger partial charge in [0.05, 0.1) is 29.5 Å². The SMILES string of the molecule is CCN(C)S(=O)(=O)Nc1ccc(F)c(Oc2ccc3ncn(C4CCC5(CC4)CCN(C(=O)CN4CCC(c6ccc(NC7CCC(=O)NC7=O)cc6F)CC4)CC5)c(=O)c3c2)c1C#N. The topological polar surface area (TPSA) is 199 Å². The van der Waals surface area contributed by atoms with E-state index in [0.717, 1.165) is 67.8 Å². The van der Waals surface area contributed by atoms with Crippen molar-refractivity contribution in [2.45, 2.75) is 89.1 Å². The summed E-state index contributed by atoms with van der Waals surface area (Å²) < 4.78 is 66.6. The van der Waals surface area contributed by atoms with Crippen LogP contribution < -0.4 is 25.7 Å². The molecule has 1 unspecified atom stereocenters. The third-order valence-corrected chi connectivity index (χ3v) is 15.4. The predicted molar refractivity (Wildman–Crippen MR) is 238 cm³/mol. The molecule has 16 nitrogen and oxygen atoms in total. The van der Waals surface area contributed by atoms with Crippen LogP contribution in [0.25, 0.3) is 10.9 Å². The first-order valence-corrected chi connectivity index (χ1v) is 23.6. The fourth-order valence-corrected chi connectivity index (χ4v) is 10.6. The van der Waals surface area contributed by atoms with E-state index in [1.54, 1.807) is 36.0 Å². The van der Waals surface area contributed by atoms with E-state index in [0.29, 0.717) is 55.9 Å². The van der Waals surface area contributed by atoms with Crippen LogP contribution >= 0.6 is 0 Å². The van der Waals surface area contributed by atoms with Crippen LogP contribution in [0, 0.1) is 28.4 Å². The minimum Gasteiger partial charge on any atom is -0.453 e. The quantitative estimate of drug-likeness (QED) is 0.146. The third kappa shape index (κ3) is 9.85. The molecule has 3 aliphatic heterocycles. The highest BCUT2D eigenvalue weighted by molar-refractivity contribution is 7.90. The van der Waals surface area contributed by atoms with Crippen molar-refractivity contribution < 1.29 is 36.3 Å². The molecule has 65 heavy (non-hydrogen) atoms. The van der Waals surface area contributed by atoms with Gasteiger partial charge in [0, 0.05) is 44.8 Å². The maximum Gasteiger partial charge on any atom is 0.301 e. The average Bonchev–Trinajstić information content (AvgIpc) is 3.29. The summed E-state index contributed by atoms with van der Waals surface area (Å²) in [7, 11) is -2.66. The van der Waals surface area contributed by atoms with Gasteiger partial charge < -0.3 is 15.0 Å². The van der Waals surface area contributed by atoms with Gasteiger partial charge in [0.2, 0.25) is 17.7 Å². The van der Waals surface area contributed by atoms with Gasteiger partial charge in [0.15, 0.2) is 11.6 Å². The molecule has 344 valence electrons. The Bertz CT molecular complexity index is 2700. The van der Waals surface area contributed by atoms with E-state index in [-0.39, 0.29) is 75.9 Å². The summed E-state index contributed by atoms with van der Waals surface area (Å²) in [6.07, 6.45) is 8.68. The number of piperidine rings is 3. The van der Waals surface area contributed by atoms with E-state index >= 15 is 8.78 Å². The highest BCUT2D eigenvalue weighted by Gasteiger charge is 2.40. The molecule has 4 aromatic rings. The Morgan fingerprint density at radius 3 is 2.38 bits per heavy atom. The molecule has 1 saturated carbocycles.